The molecular formula is C11H13F3N2. The van der Waals surface area contributed by atoms with Gasteiger partial charge in [-0.2, -0.15) is 9.37 Å². The summed E-state index contributed by atoms with van der Waals surface area (Å²) >= 11 is 0. The van der Waals surface area contributed by atoms with E-state index in [1.807, 2.05) is 0 Å². The molecule has 5 heteroatoms. The van der Waals surface area contributed by atoms with Gasteiger partial charge in [-0.15, -0.1) is 0 Å². The zero-order chi connectivity index (χ0) is 11.9. The van der Waals surface area contributed by atoms with Gasteiger partial charge in [-0.1, -0.05) is 6.92 Å². The third-order valence-electron chi connectivity index (χ3n) is 3.01. The fourth-order valence-corrected chi connectivity index (χ4v) is 1.79. The van der Waals surface area contributed by atoms with Crippen LogP contribution in [0.3, 0.4) is 0 Å². The summed E-state index contributed by atoms with van der Waals surface area (Å²) in [5, 5.41) is 0. The second-order valence-electron chi connectivity index (χ2n) is 4.42. The van der Waals surface area contributed by atoms with Gasteiger partial charge >= 0.3 is 0 Å². The van der Waals surface area contributed by atoms with E-state index in [0.29, 0.717) is 24.4 Å². The van der Waals surface area contributed by atoms with Gasteiger partial charge in [0.05, 0.1) is 0 Å². The molecular weight excluding hydrogens is 217 g/mol. The molecule has 1 aliphatic rings. The number of nitrogens with zero attached hydrogens (tertiary/aromatic N) is 2. The number of pyridine rings is 1. The first-order valence-corrected chi connectivity index (χ1v) is 5.21. The van der Waals surface area contributed by atoms with Crippen molar-refractivity contribution in [2.45, 2.75) is 13.3 Å². The molecule has 0 aliphatic heterocycles. The van der Waals surface area contributed by atoms with Crippen LogP contribution in [0.5, 0.6) is 0 Å². The third-order valence-corrected chi connectivity index (χ3v) is 3.01. The van der Waals surface area contributed by atoms with E-state index in [0.717, 1.165) is 6.42 Å². The van der Waals surface area contributed by atoms with Crippen molar-refractivity contribution in [3.63, 3.8) is 0 Å². The molecule has 1 fully saturated rings. The molecule has 0 radical (unpaired) electrons. The fraction of sp³-hybridized carbons (Fsp3) is 0.545. The molecule has 0 aromatic carbocycles. The highest BCUT2D eigenvalue weighted by Crippen LogP contribution is 2.38. The average Bonchev–Trinajstić information content (AvgIpc) is 2.87. The molecule has 88 valence electrons. The van der Waals surface area contributed by atoms with E-state index in [1.54, 1.807) is 7.05 Å². The summed E-state index contributed by atoms with van der Waals surface area (Å²) in [6.07, 6.45) is 1.09. The first-order chi connectivity index (χ1) is 7.49. The topological polar surface area (TPSA) is 16.1 Å². The van der Waals surface area contributed by atoms with Gasteiger partial charge in [-0.3, -0.25) is 0 Å². The molecule has 0 spiro atoms. The van der Waals surface area contributed by atoms with E-state index in [-0.39, 0.29) is 5.82 Å². The van der Waals surface area contributed by atoms with Crippen LogP contribution in [0.4, 0.5) is 19.0 Å². The Morgan fingerprint density at radius 1 is 1.38 bits per heavy atom. The second-order valence-corrected chi connectivity index (χ2v) is 4.42. The van der Waals surface area contributed by atoms with Gasteiger partial charge in [0.1, 0.15) is 0 Å². The Morgan fingerprint density at radius 3 is 2.56 bits per heavy atom. The molecule has 0 bridgehead atoms. The molecule has 2 rings (SSSR count). The standard InChI is InChI=1S/C11H13F3N2/c1-6-3-7(6)5-16(2)11-9(13)4-8(12)10(14)15-11/h4,6-7H,3,5H2,1-2H3. The summed E-state index contributed by atoms with van der Waals surface area (Å²) < 4.78 is 38.9. The highest BCUT2D eigenvalue weighted by molar-refractivity contribution is 5.39. The molecule has 16 heavy (non-hydrogen) atoms. The molecule has 0 saturated heterocycles. The molecule has 0 amide bonds. The molecule has 1 aromatic heterocycles. The van der Waals surface area contributed by atoms with Gasteiger partial charge in [-0.25, -0.2) is 8.78 Å². The number of aromatic nitrogens is 1. The summed E-state index contributed by atoms with van der Waals surface area (Å²) in [5.74, 6) is -2.34. The van der Waals surface area contributed by atoms with Crippen molar-refractivity contribution in [1.82, 2.24) is 4.98 Å². The number of halogens is 3. The maximum Gasteiger partial charge on any atom is 0.251 e. The maximum atomic E-state index is 13.3. The second kappa shape index (κ2) is 3.96. The normalized spacial score (nSPS) is 23.3. The molecule has 2 nitrogen and oxygen atoms in total. The molecule has 1 heterocycles. The van der Waals surface area contributed by atoms with E-state index in [2.05, 4.69) is 11.9 Å². The highest BCUT2D eigenvalue weighted by atomic mass is 19.2. The van der Waals surface area contributed by atoms with E-state index < -0.39 is 17.6 Å². The van der Waals surface area contributed by atoms with Crippen molar-refractivity contribution in [2.24, 2.45) is 11.8 Å². The first kappa shape index (κ1) is 11.2. The van der Waals surface area contributed by atoms with Crippen molar-refractivity contribution < 1.29 is 13.2 Å². The Balaban J connectivity index is 2.15. The number of anilines is 1. The van der Waals surface area contributed by atoms with Crippen LogP contribution in [-0.2, 0) is 0 Å². The quantitative estimate of drug-likeness (QED) is 0.742. The maximum absolute atomic E-state index is 13.3. The van der Waals surface area contributed by atoms with Gasteiger partial charge in [-0.05, 0) is 18.3 Å². The minimum atomic E-state index is -1.26. The van der Waals surface area contributed by atoms with Crippen molar-refractivity contribution in [1.29, 1.82) is 0 Å². The molecule has 1 aliphatic carbocycles. The summed E-state index contributed by atoms with van der Waals surface area (Å²) in [7, 11) is 1.63. The summed E-state index contributed by atoms with van der Waals surface area (Å²) in [5.41, 5.74) is 0. The number of hydrogen-bond acceptors (Lipinski definition) is 2. The Morgan fingerprint density at radius 2 is 2.00 bits per heavy atom. The zero-order valence-corrected chi connectivity index (χ0v) is 9.17. The van der Waals surface area contributed by atoms with Gasteiger partial charge in [0.15, 0.2) is 17.5 Å². The summed E-state index contributed by atoms with van der Waals surface area (Å²) in [6.45, 7) is 2.73. The minimum Gasteiger partial charge on any atom is -0.357 e. The number of hydrogen-bond donors (Lipinski definition) is 0. The minimum absolute atomic E-state index is 0.127. The largest absolute Gasteiger partial charge is 0.357 e. The molecule has 0 N–H and O–H groups in total. The lowest BCUT2D eigenvalue weighted by Crippen LogP contribution is -2.23. The Kier molecular flexibility index (Phi) is 2.78. The van der Waals surface area contributed by atoms with Gasteiger partial charge in [0.25, 0.3) is 5.95 Å². The average molecular weight is 230 g/mol. The van der Waals surface area contributed by atoms with Crippen molar-refractivity contribution in [2.75, 3.05) is 18.5 Å². The Hall–Kier alpha value is -1.26. The third kappa shape index (κ3) is 2.13. The van der Waals surface area contributed by atoms with Gasteiger partial charge in [0.2, 0.25) is 0 Å². The fourth-order valence-electron chi connectivity index (χ4n) is 1.79. The van der Waals surface area contributed by atoms with Crippen molar-refractivity contribution in [3.05, 3.63) is 23.6 Å². The van der Waals surface area contributed by atoms with Gasteiger partial charge < -0.3 is 4.90 Å². The predicted molar refractivity (Wildman–Crippen MR) is 54.7 cm³/mol. The lowest BCUT2D eigenvalue weighted by atomic mass is 10.3. The molecule has 2 atom stereocenters. The lowest BCUT2D eigenvalue weighted by molar-refractivity contribution is 0.463. The first-order valence-electron chi connectivity index (χ1n) is 5.21. The van der Waals surface area contributed by atoms with Crippen LogP contribution in [0.15, 0.2) is 6.07 Å². The molecule has 1 saturated carbocycles. The smallest absolute Gasteiger partial charge is 0.251 e. The van der Waals surface area contributed by atoms with E-state index in [1.165, 1.54) is 4.90 Å². The molecule has 1 aromatic rings. The predicted octanol–water partition coefficient (Wildman–Crippen LogP) is 2.59. The van der Waals surface area contributed by atoms with Crippen LogP contribution in [-0.4, -0.2) is 18.6 Å². The highest BCUT2D eigenvalue weighted by Gasteiger charge is 2.34. The summed E-state index contributed by atoms with van der Waals surface area (Å²) in [6, 6.07) is 0.532. The van der Waals surface area contributed by atoms with Crippen LogP contribution in [0.2, 0.25) is 0 Å². The Bertz CT molecular complexity index is 408. The summed E-state index contributed by atoms with van der Waals surface area (Å²) in [4.78, 5) is 4.82. The van der Waals surface area contributed by atoms with Crippen LogP contribution < -0.4 is 4.90 Å². The Labute approximate surface area is 92.1 Å². The van der Waals surface area contributed by atoms with Crippen molar-refractivity contribution in [3.8, 4) is 0 Å². The zero-order valence-electron chi connectivity index (χ0n) is 9.17. The van der Waals surface area contributed by atoms with Crippen LogP contribution >= 0.6 is 0 Å². The van der Waals surface area contributed by atoms with Gasteiger partial charge in [0, 0.05) is 19.7 Å². The van der Waals surface area contributed by atoms with E-state index >= 15 is 0 Å². The molecule has 2 unspecified atom stereocenters. The van der Waals surface area contributed by atoms with E-state index in [9.17, 15) is 13.2 Å². The van der Waals surface area contributed by atoms with E-state index in [4.69, 9.17) is 0 Å². The number of rotatable bonds is 3. The van der Waals surface area contributed by atoms with Crippen LogP contribution in [0.1, 0.15) is 13.3 Å². The monoisotopic (exact) mass is 230 g/mol. The van der Waals surface area contributed by atoms with Crippen LogP contribution in [0.25, 0.3) is 0 Å². The SMILES string of the molecule is CC1CC1CN(C)c1nc(F)c(F)cc1F. The van der Waals surface area contributed by atoms with Crippen molar-refractivity contribution >= 4 is 5.82 Å². The van der Waals surface area contributed by atoms with Crippen LogP contribution in [0, 0.1) is 29.4 Å². The lowest BCUT2D eigenvalue weighted by Gasteiger charge is -2.18.